The first-order chi connectivity index (χ1) is 7.06. The number of nitrogens with two attached hydrogens (primary N) is 1. The van der Waals surface area contributed by atoms with Crippen molar-refractivity contribution in [2.45, 2.75) is 26.7 Å². The lowest BCUT2D eigenvalue weighted by molar-refractivity contribution is 0.473. The molecule has 0 heterocycles. The highest BCUT2D eigenvalue weighted by Gasteiger charge is 2.06. The maximum Gasteiger partial charge on any atom is 0.123 e. The molecule has 2 nitrogen and oxygen atoms in total. The monoisotopic (exact) mass is 205 g/mol. The molecular formula is C13H19NO. The molecule has 3 N–H and O–H groups in total. The van der Waals surface area contributed by atoms with Crippen LogP contribution in [-0.2, 0) is 0 Å². The van der Waals surface area contributed by atoms with Crippen LogP contribution >= 0.6 is 0 Å². The Bertz CT molecular complexity index is 367. The van der Waals surface area contributed by atoms with Crippen LogP contribution in [-0.4, -0.2) is 11.7 Å². The average molecular weight is 205 g/mol. The molecule has 1 rings (SSSR count). The summed E-state index contributed by atoms with van der Waals surface area (Å²) in [5.74, 6) is 0.789. The van der Waals surface area contributed by atoms with Crippen molar-refractivity contribution in [1.29, 1.82) is 0 Å². The fourth-order valence-corrected chi connectivity index (χ4v) is 1.52. The second-order valence-electron chi connectivity index (χ2n) is 4.05. The van der Waals surface area contributed by atoms with E-state index in [-0.39, 0.29) is 0 Å². The van der Waals surface area contributed by atoms with Gasteiger partial charge in [-0.2, -0.15) is 0 Å². The fourth-order valence-electron chi connectivity index (χ4n) is 1.52. The quantitative estimate of drug-likeness (QED) is 0.797. The zero-order chi connectivity index (χ0) is 11.4. The Kier molecular flexibility index (Phi) is 3.92. The van der Waals surface area contributed by atoms with Crippen LogP contribution < -0.4 is 5.73 Å². The SMILES string of the molecule is C/C(=C\CN)c1cc(C(C)C)ccc1O. The summed E-state index contributed by atoms with van der Waals surface area (Å²) < 4.78 is 0. The lowest BCUT2D eigenvalue weighted by atomic mass is 9.97. The molecule has 82 valence electrons. The molecule has 1 aromatic carbocycles. The Labute approximate surface area is 91.4 Å². The number of rotatable bonds is 3. The van der Waals surface area contributed by atoms with Crippen LogP contribution in [0.4, 0.5) is 0 Å². The van der Waals surface area contributed by atoms with Crippen molar-refractivity contribution in [3.63, 3.8) is 0 Å². The first-order valence-corrected chi connectivity index (χ1v) is 5.26. The van der Waals surface area contributed by atoms with Crippen molar-refractivity contribution in [2.75, 3.05) is 6.54 Å². The number of phenols is 1. The third-order valence-electron chi connectivity index (χ3n) is 2.54. The van der Waals surface area contributed by atoms with E-state index in [1.54, 1.807) is 6.07 Å². The minimum absolute atomic E-state index is 0.321. The summed E-state index contributed by atoms with van der Waals surface area (Å²) in [6, 6.07) is 5.74. The van der Waals surface area contributed by atoms with Gasteiger partial charge in [0.05, 0.1) is 0 Å². The van der Waals surface area contributed by atoms with Crippen molar-refractivity contribution in [2.24, 2.45) is 5.73 Å². The molecule has 0 bridgehead atoms. The number of hydrogen-bond donors (Lipinski definition) is 2. The molecule has 0 atom stereocenters. The molecule has 15 heavy (non-hydrogen) atoms. The van der Waals surface area contributed by atoms with E-state index in [0.29, 0.717) is 18.2 Å². The fraction of sp³-hybridized carbons (Fsp3) is 0.385. The number of phenolic OH excluding ortho intramolecular Hbond substituents is 1. The van der Waals surface area contributed by atoms with Crippen LogP contribution in [0.3, 0.4) is 0 Å². The highest BCUT2D eigenvalue weighted by Crippen LogP contribution is 2.28. The van der Waals surface area contributed by atoms with Crippen LogP contribution in [0.2, 0.25) is 0 Å². The van der Waals surface area contributed by atoms with Gasteiger partial charge in [-0.1, -0.05) is 26.0 Å². The third-order valence-corrected chi connectivity index (χ3v) is 2.54. The average Bonchev–Trinajstić information content (AvgIpc) is 2.18. The summed E-state index contributed by atoms with van der Waals surface area (Å²) in [7, 11) is 0. The van der Waals surface area contributed by atoms with Gasteiger partial charge in [-0.3, -0.25) is 0 Å². The summed E-state index contributed by atoms with van der Waals surface area (Å²) in [5, 5.41) is 9.73. The van der Waals surface area contributed by atoms with Crippen molar-refractivity contribution in [3.8, 4) is 5.75 Å². The number of hydrogen-bond acceptors (Lipinski definition) is 2. The van der Waals surface area contributed by atoms with Gasteiger partial charge in [0.2, 0.25) is 0 Å². The molecule has 0 unspecified atom stereocenters. The Morgan fingerprint density at radius 1 is 1.47 bits per heavy atom. The van der Waals surface area contributed by atoms with Crippen LogP contribution in [0, 0.1) is 0 Å². The minimum Gasteiger partial charge on any atom is -0.507 e. The topological polar surface area (TPSA) is 46.2 Å². The lowest BCUT2D eigenvalue weighted by Gasteiger charge is -2.10. The van der Waals surface area contributed by atoms with Gasteiger partial charge < -0.3 is 10.8 Å². The summed E-state index contributed by atoms with van der Waals surface area (Å²) in [6.45, 7) is 6.74. The van der Waals surface area contributed by atoms with E-state index >= 15 is 0 Å². The third kappa shape index (κ3) is 2.83. The summed E-state index contributed by atoms with van der Waals surface area (Å²) in [4.78, 5) is 0. The van der Waals surface area contributed by atoms with Gasteiger partial charge in [-0.15, -0.1) is 0 Å². The molecule has 0 amide bonds. The number of benzene rings is 1. The zero-order valence-corrected chi connectivity index (χ0v) is 9.62. The van der Waals surface area contributed by atoms with E-state index < -0.39 is 0 Å². The molecule has 2 heteroatoms. The normalized spacial score (nSPS) is 12.2. The maximum atomic E-state index is 9.73. The van der Waals surface area contributed by atoms with E-state index in [1.807, 2.05) is 25.1 Å². The molecule has 1 aromatic rings. The van der Waals surface area contributed by atoms with E-state index in [9.17, 15) is 5.11 Å². The van der Waals surface area contributed by atoms with Gasteiger partial charge >= 0.3 is 0 Å². The van der Waals surface area contributed by atoms with Crippen LogP contribution in [0.1, 0.15) is 37.8 Å². The summed E-state index contributed by atoms with van der Waals surface area (Å²) in [5.41, 5.74) is 8.59. The van der Waals surface area contributed by atoms with Crippen molar-refractivity contribution >= 4 is 5.57 Å². The second-order valence-corrected chi connectivity index (χ2v) is 4.05. The van der Waals surface area contributed by atoms with Crippen LogP contribution in [0.25, 0.3) is 5.57 Å². The van der Waals surface area contributed by atoms with Crippen molar-refractivity contribution in [1.82, 2.24) is 0 Å². The van der Waals surface area contributed by atoms with E-state index in [4.69, 9.17) is 5.73 Å². The molecule has 0 saturated heterocycles. The van der Waals surface area contributed by atoms with Gasteiger partial charge in [-0.25, -0.2) is 0 Å². The molecule has 0 fully saturated rings. The van der Waals surface area contributed by atoms with Gasteiger partial charge in [0, 0.05) is 12.1 Å². The highest BCUT2D eigenvalue weighted by atomic mass is 16.3. The molecule has 0 saturated carbocycles. The Balaban J connectivity index is 3.16. The minimum atomic E-state index is 0.321. The van der Waals surface area contributed by atoms with Gasteiger partial charge in [0.25, 0.3) is 0 Å². The lowest BCUT2D eigenvalue weighted by Crippen LogP contribution is -1.95. The standard InChI is InChI=1S/C13H19NO/c1-9(2)11-4-5-13(15)12(8-11)10(3)6-7-14/h4-6,8-9,15H,7,14H2,1-3H3/b10-6+. The zero-order valence-electron chi connectivity index (χ0n) is 9.62. The van der Waals surface area contributed by atoms with Crippen LogP contribution in [0.15, 0.2) is 24.3 Å². The van der Waals surface area contributed by atoms with E-state index in [0.717, 1.165) is 11.1 Å². The predicted octanol–water partition coefficient (Wildman–Crippen LogP) is 2.88. The van der Waals surface area contributed by atoms with Crippen molar-refractivity contribution in [3.05, 3.63) is 35.4 Å². The Morgan fingerprint density at radius 3 is 2.67 bits per heavy atom. The Morgan fingerprint density at radius 2 is 2.13 bits per heavy atom. The number of aromatic hydroxyl groups is 1. The smallest absolute Gasteiger partial charge is 0.123 e. The maximum absolute atomic E-state index is 9.73. The van der Waals surface area contributed by atoms with Crippen molar-refractivity contribution < 1.29 is 5.11 Å². The molecule has 0 radical (unpaired) electrons. The Hall–Kier alpha value is -1.28. The van der Waals surface area contributed by atoms with Gasteiger partial charge in [0.1, 0.15) is 5.75 Å². The second kappa shape index (κ2) is 4.99. The molecule has 0 aliphatic rings. The van der Waals surface area contributed by atoms with Crippen LogP contribution in [0.5, 0.6) is 5.75 Å². The first kappa shape index (κ1) is 11.8. The predicted molar refractivity (Wildman–Crippen MR) is 64.9 cm³/mol. The first-order valence-electron chi connectivity index (χ1n) is 5.26. The molecule has 0 aromatic heterocycles. The highest BCUT2D eigenvalue weighted by molar-refractivity contribution is 5.69. The summed E-state index contributed by atoms with van der Waals surface area (Å²) in [6.07, 6.45) is 1.92. The molecule has 0 spiro atoms. The van der Waals surface area contributed by atoms with E-state index in [1.165, 1.54) is 5.56 Å². The number of allylic oxidation sites excluding steroid dienone is 1. The van der Waals surface area contributed by atoms with E-state index in [2.05, 4.69) is 13.8 Å². The summed E-state index contributed by atoms with van der Waals surface area (Å²) >= 11 is 0. The molecule has 0 aliphatic carbocycles. The molecular weight excluding hydrogens is 186 g/mol. The largest absolute Gasteiger partial charge is 0.507 e. The van der Waals surface area contributed by atoms with Gasteiger partial charge in [0.15, 0.2) is 0 Å². The van der Waals surface area contributed by atoms with Gasteiger partial charge in [-0.05, 0) is 36.1 Å². The molecule has 0 aliphatic heterocycles.